The molecule has 2 atom stereocenters. The van der Waals surface area contributed by atoms with Gasteiger partial charge in [0, 0.05) is 30.7 Å². The van der Waals surface area contributed by atoms with Gasteiger partial charge in [-0.1, -0.05) is 12.1 Å². The van der Waals surface area contributed by atoms with E-state index in [0.29, 0.717) is 5.56 Å². The molecule has 0 saturated heterocycles. The van der Waals surface area contributed by atoms with E-state index in [2.05, 4.69) is 15.3 Å². The first-order chi connectivity index (χ1) is 9.08. The van der Waals surface area contributed by atoms with E-state index in [1.807, 2.05) is 19.9 Å². The first-order valence-corrected chi connectivity index (χ1v) is 6.36. The molecular weight excluding hydrogens is 241 g/mol. The Morgan fingerprint density at radius 2 is 1.95 bits per heavy atom. The third-order valence-corrected chi connectivity index (χ3v) is 3.22. The third-order valence-electron chi connectivity index (χ3n) is 3.22. The highest BCUT2D eigenvalue weighted by Gasteiger charge is 2.13. The molecule has 1 aromatic heterocycles. The van der Waals surface area contributed by atoms with Crippen LogP contribution >= 0.6 is 0 Å². The molecule has 4 heteroatoms. The van der Waals surface area contributed by atoms with E-state index in [9.17, 15) is 4.39 Å². The number of benzene rings is 1. The van der Waals surface area contributed by atoms with E-state index in [-0.39, 0.29) is 17.9 Å². The molecule has 0 aliphatic rings. The molecule has 2 unspecified atom stereocenters. The molecule has 0 spiro atoms. The summed E-state index contributed by atoms with van der Waals surface area (Å²) in [5, 5.41) is 3.39. The summed E-state index contributed by atoms with van der Waals surface area (Å²) in [6.45, 7) is 5.79. The van der Waals surface area contributed by atoms with Crippen LogP contribution in [0.5, 0.6) is 0 Å². The van der Waals surface area contributed by atoms with Gasteiger partial charge in [-0.3, -0.25) is 9.97 Å². The van der Waals surface area contributed by atoms with Crippen molar-refractivity contribution >= 4 is 0 Å². The molecule has 2 rings (SSSR count). The van der Waals surface area contributed by atoms with E-state index in [1.54, 1.807) is 37.6 Å². The average molecular weight is 259 g/mol. The van der Waals surface area contributed by atoms with Crippen molar-refractivity contribution in [1.29, 1.82) is 0 Å². The molecule has 0 fully saturated rings. The summed E-state index contributed by atoms with van der Waals surface area (Å²) >= 11 is 0. The Morgan fingerprint density at radius 1 is 1.16 bits per heavy atom. The quantitative estimate of drug-likeness (QED) is 0.915. The SMILES string of the molecule is Cc1ccc(C(C)NC(C)c2cnccn2)cc1F. The van der Waals surface area contributed by atoms with E-state index in [1.165, 1.54) is 0 Å². The zero-order valence-electron chi connectivity index (χ0n) is 11.4. The van der Waals surface area contributed by atoms with Gasteiger partial charge >= 0.3 is 0 Å². The van der Waals surface area contributed by atoms with Crippen LogP contribution in [0, 0.1) is 12.7 Å². The molecule has 100 valence electrons. The maximum Gasteiger partial charge on any atom is 0.126 e. The van der Waals surface area contributed by atoms with Gasteiger partial charge in [0.15, 0.2) is 0 Å². The Balaban J connectivity index is 2.08. The van der Waals surface area contributed by atoms with Crippen molar-refractivity contribution in [3.05, 3.63) is 59.4 Å². The topological polar surface area (TPSA) is 37.8 Å². The maximum atomic E-state index is 13.5. The lowest BCUT2D eigenvalue weighted by molar-refractivity contribution is 0.482. The summed E-state index contributed by atoms with van der Waals surface area (Å²) in [5.74, 6) is -0.168. The molecule has 1 aromatic carbocycles. The normalized spacial score (nSPS) is 14.1. The number of nitrogens with one attached hydrogen (secondary N) is 1. The number of hydrogen-bond donors (Lipinski definition) is 1. The van der Waals surface area contributed by atoms with Gasteiger partial charge in [0.1, 0.15) is 5.82 Å². The summed E-state index contributed by atoms with van der Waals surface area (Å²) in [7, 11) is 0. The highest BCUT2D eigenvalue weighted by atomic mass is 19.1. The molecule has 0 radical (unpaired) electrons. The Labute approximate surface area is 112 Å². The second-order valence-electron chi connectivity index (χ2n) is 4.75. The fourth-order valence-electron chi connectivity index (χ4n) is 1.97. The van der Waals surface area contributed by atoms with E-state index in [0.717, 1.165) is 11.3 Å². The molecule has 2 aromatic rings. The third kappa shape index (κ3) is 3.35. The highest BCUT2D eigenvalue weighted by molar-refractivity contribution is 5.25. The Hall–Kier alpha value is -1.81. The molecule has 3 nitrogen and oxygen atoms in total. The van der Waals surface area contributed by atoms with Gasteiger partial charge in [-0.15, -0.1) is 0 Å². The minimum Gasteiger partial charge on any atom is -0.302 e. The van der Waals surface area contributed by atoms with Gasteiger partial charge in [0.2, 0.25) is 0 Å². The lowest BCUT2D eigenvalue weighted by Gasteiger charge is -2.20. The van der Waals surface area contributed by atoms with Crippen LogP contribution in [0.3, 0.4) is 0 Å². The van der Waals surface area contributed by atoms with Gasteiger partial charge in [0.05, 0.1) is 5.69 Å². The monoisotopic (exact) mass is 259 g/mol. The number of nitrogens with zero attached hydrogens (tertiary/aromatic N) is 2. The largest absolute Gasteiger partial charge is 0.302 e. The zero-order valence-corrected chi connectivity index (χ0v) is 11.4. The number of aryl methyl sites for hydroxylation is 1. The summed E-state index contributed by atoms with van der Waals surface area (Å²) in [5.41, 5.74) is 2.47. The van der Waals surface area contributed by atoms with Crippen molar-refractivity contribution in [2.24, 2.45) is 0 Å². The second-order valence-corrected chi connectivity index (χ2v) is 4.75. The van der Waals surface area contributed by atoms with Crippen LogP contribution in [0.2, 0.25) is 0 Å². The van der Waals surface area contributed by atoms with Crippen LogP contribution in [0.15, 0.2) is 36.8 Å². The van der Waals surface area contributed by atoms with Crippen LogP contribution in [-0.4, -0.2) is 9.97 Å². The van der Waals surface area contributed by atoms with Gasteiger partial charge in [-0.05, 0) is 38.0 Å². The van der Waals surface area contributed by atoms with Crippen molar-refractivity contribution in [3.8, 4) is 0 Å². The van der Waals surface area contributed by atoms with Gasteiger partial charge in [-0.25, -0.2) is 4.39 Å². The number of hydrogen-bond acceptors (Lipinski definition) is 3. The van der Waals surface area contributed by atoms with Crippen molar-refractivity contribution in [1.82, 2.24) is 15.3 Å². The predicted octanol–water partition coefficient (Wildman–Crippen LogP) is 3.34. The number of rotatable bonds is 4. The number of halogens is 1. The maximum absolute atomic E-state index is 13.5. The Kier molecular flexibility index (Phi) is 4.22. The van der Waals surface area contributed by atoms with E-state index < -0.39 is 0 Å². The summed E-state index contributed by atoms with van der Waals surface area (Å²) in [6.07, 6.45) is 5.05. The molecule has 0 aliphatic carbocycles. The van der Waals surface area contributed by atoms with E-state index in [4.69, 9.17) is 0 Å². The predicted molar refractivity (Wildman–Crippen MR) is 73.1 cm³/mol. The van der Waals surface area contributed by atoms with Crippen LogP contribution in [0.4, 0.5) is 4.39 Å². The second kappa shape index (κ2) is 5.89. The Bertz CT molecular complexity index is 542. The average Bonchev–Trinajstić information content (AvgIpc) is 2.42. The van der Waals surface area contributed by atoms with Gasteiger partial charge in [0.25, 0.3) is 0 Å². The molecule has 19 heavy (non-hydrogen) atoms. The van der Waals surface area contributed by atoms with Gasteiger partial charge in [-0.2, -0.15) is 0 Å². The fraction of sp³-hybridized carbons (Fsp3) is 0.333. The van der Waals surface area contributed by atoms with Crippen LogP contribution in [0.1, 0.15) is 42.8 Å². The molecule has 0 amide bonds. The smallest absolute Gasteiger partial charge is 0.126 e. The highest BCUT2D eigenvalue weighted by Crippen LogP contribution is 2.19. The Morgan fingerprint density at radius 3 is 2.58 bits per heavy atom. The van der Waals surface area contributed by atoms with Crippen LogP contribution in [-0.2, 0) is 0 Å². The number of aromatic nitrogens is 2. The summed E-state index contributed by atoms with van der Waals surface area (Å²) in [4.78, 5) is 8.31. The molecule has 0 bridgehead atoms. The molecule has 0 saturated carbocycles. The van der Waals surface area contributed by atoms with Crippen LogP contribution < -0.4 is 5.32 Å². The standard InChI is InChI=1S/C15H18FN3/c1-10-4-5-13(8-14(10)16)11(2)19-12(3)15-9-17-6-7-18-15/h4-9,11-12,19H,1-3H3. The van der Waals surface area contributed by atoms with Crippen LogP contribution in [0.25, 0.3) is 0 Å². The summed E-state index contributed by atoms with van der Waals surface area (Å²) in [6, 6.07) is 5.44. The van der Waals surface area contributed by atoms with Crippen molar-refractivity contribution in [2.75, 3.05) is 0 Å². The first-order valence-electron chi connectivity index (χ1n) is 6.36. The van der Waals surface area contributed by atoms with Crippen molar-refractivity contribution < 1.29 is 4.39 Å². The molecule has 0 aliphatic heterocycles. The van der Waals surface area contributed by atoms with Crippen molar-refractivity contribution in [2.45, 2.75) is 32.9 Å². The fourth-order valence-corrected chi connectivity index (χ4v) is 1.97. The molecular formula is C15H18FN3. The molecule has 1 N–H and O–H groups in total. The lowest BCUT2D eigenvalue weighted by atomic mass is 10.0. The van der Waals surface area contributed by atoms with Crippen molar-refractivity contribution in [3.63, 3.8) is 0 Å². The lowest BCUT2D eigenvalue weighted by Crippen LogP contribution is -2.23. The minimum atomic E-state index is -0.168. The zero-order chi connectivity index (χ0) is 13.8. The first kappa shape index (κ1) is 13.6. The minimum absolute atomic E-state index is 0.0482. The van der Waals surface area contributed by atoms with E-state index >= 15 is 0 Å². The van der Waals surface area contributed by atoms with Gasteiger partial charge < -0.3 is 5.32 Å². The summed E-state index contributed by atoms with van der Waals surface area (Å²) < 4.78 is 13.5. The molecule has 1 heterocycles.